The zero-order valence-corrected chi connectivity index (χ0v) is 11.7. The molecule has 2 rings (SSSR count). The van der Waals surface area contributed by atoms with Crippen molar-refractivity contribution < 1.29 is 0 Å². The van der Waals surface area contributed by atoms with Crippen molar-refractivity contribution in [2.75, 3.05) is 5.84 Å². The van der Waals surface area contributed by atoms with E-state index in [0.717, 1.165) is 40.2 Å². The molecule has 18 heavy (non-hydrogen) atoms. The summed E-state index contributed by atoms with van der Waals surface area (Å²) in [6.07, 6.45) is 1.86. The highest BCUT2D eigenvalue weighted by atomic mass is 35.5. The average molecular weight is 283 g/mol. The monoisotopic (exact) mass is 282 g/mol. The van der Waals surface area contributed by atoms with Gasteiger partial charge in [-0.15, -0.1) is 10.2 Å². The van der Waals surface area contributed by atoms with Crippen LogP contribution in [0.2, 0.25) is 5.02 Å². The Kier molecular flexibility index (Phi) is 4.49. The van der Waals surface area contributed by atoms with Crippen LogP contribution in [-0.2, 0) is 12.2 Å². The van der Waals surface area contributed by atoms with E-state index < -0.39 is 0 Å². The van der Waals surface area contributed by atoms with E-state index >= 15 is 0 Å². The highest BCUT2D eigenvalue weighted by molar-refractivity contribution is 7.98. The smallest absolute Gasteiger partial charge is 0.210 e. The van der Waals surface area contributed by atoms with Crippen LogP contribution in [0.25, 0.3) is 0 Å². The van der Waals surface area contributed by atoms with Crippen LogP contribution in [0.3, 0.4) is 0 Å². The Bertz CT molecular complexity index is 527. The highest BCUT2D eigenvalue weighted by Crippen LogP contribution is 2.22. The van der Waals surface area contributed by atoms with Gasteiger partial charge in [0.1, 0.15) is 0 Å². The lowest BCUT2D eigenvalue weighted by molar-refractivity contribution is 0.757. The number of aryl methyl sites for hydroxylation is 1. The van der Waals surface area contributed by atoms with Gasteiger partial charge in [-0.3, -0.25) is 0 Å². The fraction of sp³-hybridized carbons (Fsp3) is 0.333. The first-order valence-electron chi connectivity index (χ1n) is 5.77. The number of hydrogen-bond acceptors (Lipinski definition) is 4. The largest absolute Gasteiger partial charge is 0.336 e. The summed E-state index contributed by atoms with van der Waals surface area (Å²) in [4.78, 5) is 0. The molecule has 4 nitrogen and oxygen atoms in total. The van der Waals surface area contributed by atoms with Crippen molar-refractivity contribution in [1.82, 2.24) is 14.9 Å². The number of nitrogen functional groups attached to an aromatic ring is 1. The molecule has 0 unspecified atom stereocenters. The van der Waals surface area contributed by atoms with Gasteiger partial charge in [-0.2, -0.15) is 0 Å². The van der Waals surface area contributed by atoms with Crippen LogP contribution in [0.5, 0.6) is 0 Å². The van der Waals surface area contributed by atoms with E-state index in [1.54, 1.807) is 16.4 Å². The van der Waals surface area contributed by atoms with Gasteiger partial charge in [-0.25, -0.2) is 4.68 Å². The maximum Gasteiger partial charge on any atom is 0.210 e. The summed E-state index contributed by atoms with van der Waals surface area (Å²) in [5.74, 6) is 7.53. The minimum Gasteiger partial charge on any atom is -0.336 e. The van der Waals surface area contributed by atoms with Gasteiger partial charge in [0.15, 0.2) is 5.82 Å². The van der Waals surface area contributed by atoms with Crippen molar-refractivity contribution in [3.8, 4) is 0 Å². The molecule has 0 aliphatic rings. The van der Waals surface area contributed by atoms with E-state index in [4.69, 9.17) is 17.4 Å². The molecule has 6 heteroatoms. The molecule has 1 aromatic carbocycles. The van der Waals surface area contributed by atoms with E-state index in [0.29, 0.717) is 0 Å². The first kappa shape index (κ1) is 13.2. The van der Waals surface area contributed by atoms with E-state index in [1.807, 2.05) is 24.3 Å². The number of halogens is 1. The number of rotatable bonds is 5. The minimum absolute atomic E-state index is 0.735. The quantitative estimate of drug-likeness (QED) is 0.677. The van der Waals surface area contributed by atoms with E-state index in [-0.39, 0.29) is 0 Å². The maximum atomic E-state index is 5.94. The first-order valence-corrected chi connectivity index (χ1v) is 7.13. The van der Waals surface area contributed by atoms with Crippen LogP contribution in [0, 0.1) is 0 Å². The summed E-state index contributed by atoms with van der Waals surface area (Å²) in [6, 6.07) is 7.77. The Morgan fingerprint density at radius 1 is 1.39 bits per heavy atom. The van der Waals surface area contributed by atoms with Crippen LogP contribution < -0.4 is 5.84 Å². The minimum atomic E-state index is 0.735. The normalized spacial score (nSPS) is 10.8. The van der Waals surface area contributed by atoms with Gasteiger partial charge in [0, 0.05) is 17.2 Å². The molecule has 0 fully saturated rings. The molecule has 2 aromatic rings. The van der Waals surface area contributed by atoms with E-state index in [9.17, 15) is 0 Å². The van der Waals surface area contributed by atoms with E-state index in [2.05, 4.69) is 17.1 Å². The fourth-order valence-corrected chi connectivity index (χ4v) is 2.61. The first-order chi connectivity index (χ1) is 8.70. The number of nitrogens with zero attached hydrogens (tertiary/aromatic N) is 3. The summed E-state index contributed by atoms with van der Waals surface area (Å²) >= 11 is 7.50. The van der Waals surface area contributed by atoms with Crippen molar-refractivity contribution in [3.05, 3.63) is 40.7 Å². The molecule has 0 radical (unpaired) electrons. The van der Waals surface area contributed by atoms with Crippen molar-refractivity contribution in [2.24, 2.45) is 0 Å². The van der Waals surface area contributed by atoms with Crippen molar-refractivity contribution in [2.45, 2.75) is 30.7 Å². The van der Waals surface area contributed by atoms with Gasteiger partial charge in [0.2, 0.25) is 5.16 Å². The van der Waals surface area contributed by atoms with Gasteiger partial charge >= 0.3 is 0 Å². The molecular formula is C12H15ClN4S. The zero-order chi connectivity index (χ0) is 13.0. The van der Waals surface area contributed by atoms with Gasteiger partial charge in [0.25, 0.3) is 0 Å². The Labute approximate surface area is 116 Å². The molecule has 0 aliphatic heterocycles. The van der Waals surface area contributed by atoms with Crippen LogP contribution in [0.15, 0.2) is 29.4 Å². The molecule has 0 atom stereocenters. The predicted octanol–water partition coefficient (Wildman–Crippen LogP) is 2.89. The number of thioether (sulfide) groups is 1. The van der Waals surface area contributed by atoms with Crippen molar-refractivity contribution >= 4 is 23.4 Å². The number of nitrogens with two attached hydrogens (primary N) is 1. The standard InChI is InChI=1S/C12H15ClN4S/c1-2-4-11-15-16-12(17(11)14)18-8-9-5-3-6-10(13)7-9/h3,5-7H,2,4,8,14H2,1H3. The lowest BCUT2D eigenvalue weighted by Gasteiger charge is -2.03. The Morgan fingerprint density at radius 2 is 2.22 bits per heavy atom. The Balaban J connectivity index is 2.02. The van der Waals surface area contributed by atoms with Crippen LogP contribution in [0.1, 0.15) is 24.7 Å². The number of aromatic nitrogens is 3. The average Bonchev–Trinajstić information content (AvgIpc) is 2.69. The second kappa shape index (κ2) is 6.11. The number of benzene rings is 1. The topological polar surface area (TPSA) is 56.7 Å². The molecular weight excluding hydrogens is 268 g/mol. The van der Waals surface area contributed by atoms with Crippen LogP contribution in [-0.4, -0.2) is 14.9 Å². The highest BCUT2D eigenvalue weighted by Gasteiger charge is 2.09. The van der Waals surface area contributed by atoms with Crippen LogP contribution in [0.4, 0.5) is 0 Å². The molecule has 0 saturated carbocycles. The molecule has 0 bridgehead atoms. The second-order valence-electron chi connectivity index (χ2n) is 3.94. The molecule has 0 spiro atoms. The second-order valence-corrected chi connectivity index (χ2v) is 5.32. The predicted molar refractivity (Wildman–Crippen MR) is 75.2 cm³/mol. The van der Waals surface area contributed by atoms with E-state index in [1.165, 1.54) is 0 Å². The van der Waals surface area contributed by atoms with Crippen molar-refractivity contribution in [1.29, 1.82) is 0 Å². The summed E-state index contributed by atoms with van der Waals surface area (Å²) in [5, 5.41) is 9.65. The fourth-order valence-electron chi connectivity index (χ4n) is 1.57. The van der Waals surface area contributed by atoms with Crippen molar-refractivity contribution in [3.63, 3.8) is 0 Å². The molecule has 1 heterocycles. The molecule has 1 aromatic heterocycles. The summed E-state index contributed by atoms with van der Waals surface area (Å²) < 4.78 is 1.57. The molecule has 96 valence electrons. The summed E-state index contributed by atoms with van der Waals surface area (Å²) in [6.45, 7) is 2.09. The molecule has 0 saturated heterocycles. The summed E-state index contributed by atoms with van der Waals surface area (Å²) in [5.41, 5.74) is 1.15. The lowest BCUT2D eigenvalue weighted by atomic mass is 10.2. The Morgan fingerprint density at radius 3 is 2.94 bits per heavy atom. The third-order valence-electron chi connectivity index (χ3n) is 2.47. The maximum absolute atomic E-state index is 5.94. The van der Waals surface area contributed by atoms with Gasteiger partial charge in [-0.1, -0.05) is 42.4 Å². The lowest BCUT2D eigenvalue weighted by Crippen LogP contribution is -2.13. The third kappa shape index (κ3) is 3.17. The SMILES string of the molecule is CCCc1nnc(SCc2cccc(Cl)c2)n1N. The van der Waals surface area contributed by atoms with Crippen LogP contribution >= 0.6 is 23.4 Å². The molecule has 0 amide bonds. The molecule has 0 aliphatic carbocycles. The zero-order valence-electron chi connectivity index (χ0n) is 10.1. The Hall–Kier alpha value is -1.20. The van der Waals surface area contributed by atoms with Gasteiger partial charge in [0.05, 0.1) is 0 Å². The number of hydrogen-bond donors (Lipinski definition) is 1. The summed E-state index contributed by atoms with van der Waals surface area (Å²) in [7, 11) is 0. The van der Waals surface area contributed by atoms with Gasteiger partial charge in [-0.05, 0) is 24.1 Å². The third-order valence-corrected chi connectivity index (χ3v) is 3.72. The molecule has 2 N–H and O–H groups in total. The van der Waals surface area contributed by atoms with Gasteiger partial charge < -0.3 is 5.84 Å².